The summed E-state index contributed by atoms with van der Waals surface area (Å²) in [7, 11) is 0. The van der Waals surface area contributed by atoms with Crippen molar-refractivity contribution in [1.82, 2.24) is 5.32 Å². The number of hydrogen-bond acceptors (Lipinski definition) is 3. The van der Waals surface area contributed by atoms with Gasteiger partial charge in [0.05, 0.1) is 0 Å². The lowest BCUT2D eigenvalue weighted by Crippen LogP contribution is -2.25. The molecule has 0 amide bonds. The lowest BCUT2D eigenvalue weighted by molar-refractivity contribution is 0.138. The SMILES string of the molecule is CC1(C)Cc2cc(CNCC3CCSCC3)ccc2O1. The summed E-state index contributed by atoms with van der Waals surface area (Å²) in [6, 6.07) is 6.65. The van der Waals surface area contributed by atoms with Crippen LogP contribution in [0.4, 0.5) is 0 Å². The van der Waals surface area contributed by atoms with Gasteiger partial charge in [-0.1, -0.05) is 12.1 Å². The van der Waals surface area contributed by atoms with Crippen molar-refractivity contribution in [2.45, 2.75) is 45.3 Å². The molecule has 1 aromatic rings. The first-order chi connectivity index (χ1) is 9.62. The highest BCUT2D eigenvalue weighted by Crippen LogP contribution is 2.35. The molecule has 3 heteroatoms. The van der Waals surface area contributed by atoms with E-state index in [0.717, 1.165) is 24.6 Å². The highest BCUT2D eigenvalue weighted by atomic mass is 32.2. The van der Waals surface area contributed by atoms with E-state index in [1.807, 2.05) is 0 Å². The molecule has 0 radical (unpaired) electrons. The van der Waals surface area contributed by atoms with Gasteiger partial charge in [0.15, 0.2) is 0 Å². The quantitative estimate of drug-likeness (QED) is 0.915. The van der Waals surface area contributed by atoms with Crippen LogP contribution in [-0.2, 0) is 13.0 Å². The van der Waals surface area contributed by atoms with Crippen molar-refractivity contribution in [2.75, 3.05) is 18.1 Å². The molecule has 0 spiro atoms. The molecule has 0 aliphatic carbocycles. The Kier molecular flexibility index (Phi) is 4.27. The third-order valence-corrected chi connectivity index (χ3v) is 5.28. The third kappa shape index (κ3) is 3.50. The van der Waals surface area contributed by atoms with Crippen LogP contribution in [-0.4, -0.2) is 23.7 Å². The summed E-state index contributed by atoms with van der Waals surface area (Å²) in [5.41, 5.74) is 2.72. The van der Waals surface area contributed by atoms with Crippen molar-refractivity contribution < 1.29 is 4.74 Å². The van der Waals surface area contributed by atoms with Crippen molar-refractivity contribution in [2.24, 2.45) is 5.92 Å². The highest BCUT2D eigenvalue weighted by Gasteiger charge is 2.29. The Balaban J connectivity index is 1.51. The average Bonchev–Trinajstić information content (AvgIpc) is 2.73. The fraction of sp³-hybridized carbons (Fsp3) is 0.647. The fourth-order valence-electron chi connectivity index (χ4n) is 3.14. The maximum Gasteiger partial charge on any atom is 0.123 e. The van der Waals surface area contributed by atoms with Gasteiger partial charge in [0.1, 0.15) is 11.4 Å². The van der Waals surface area contributed by atoms with Gasteiger partial charge < -0.3 is 10.1 Å². The summed E-state index contributed by atoms with van der Waals surface area (Å²) in [5.74, 6) is 4.64. The zero-order chi connectivity index (χ0) is 14.0. The molecule has 0 aromatic heterocycles. The third-order valence-electron chi connectivity index (χ3n) is 4.23. The monoisotopic (exact) mass is 291 g/mol. The first kappa shape index (κ1) is 14.3. The van der Waals surface area contributed by atoms with E-state index < -0.39 is 0 Å². The van der Waals surface area contributed by atoms with Crippen LogP contribution in [0.15, 0.2) is 18.2 Å². The lowest BCUT2D eigenvalue weighted by atomic mass is 10.00. The maximum absolute atomic E-state index is 5.93. The summed E-state index contributed by atoms with van der Waals surface area (Å²) < 4.78 is 5.93. The second kappa shape index (κ2) is 5.98. The topological polar surface area (TPSA) is 21.3 Å². The van der Waals surface area contributed by atoms with Crippen molar-refractivity contribution in [3.63, 3.8) is 0 Å². The molecular formula is C17H25NOS. The number of ether oxygens (including phenoxy) is 1. The van der Waals surface area contributed by atoms with E-state index in [-0.39, 0.29) is 5.60 Å². The Bertz CT molecular complexity index is 466. The van der Waals surface area contributed by atoms with Crippen LogP contribution >= 0.6 is 11.8 Å². The highest BCUT2D eigenvalue weighted by molar-refractivity contribution is 7.99. The van der Waals surface area contributed by atoms with E-state index in [4.69, 9.17) is 4.74 Å². The molecule has 2 aliphatic rings. The predicted molar refractivity (Wildman–Crippen MR) is 86.6 cm³/mol. The molecule has 2 heterocycles. The van der Waals surface area contributed by atoms with Gasteiger partial charge >= 0.3 is 0 Å². The molecular weight excluding hydrogens is 266 g/mol. The number of thioether (sulfide) groups is 1. The molecule has 110 valence electrons. The molecule has 2 aliphatic heterocycles. The first-order valence-corrected chi connectivity index (χ1v) is 8.87. The van der Waals surface area contributed by atoms with Crippen molar-refractivity contribution in [1.29, 1.82) is 0 Å². The minimum Gasteiger partial charge on any atom is -0.487 e. The largest absolute Gasteiger partial charge is 0.487 e. The van der Waals surface area contributed by atoms with Crippen LogP contribution in [0.2, 0.25) is 0 Å². The summed E-state index contributed by atoms with van der Waals surface area (Å²) in [4.78, 5) is 0. The van der Waals surface area contributed by atoms with E-state index in [9.17, 15) is 0 Å². The number of rotatable bonds is 4. The van der Waals surface area contributed by atoms with Gasteiger partial charge in [-0.05, 0) is 67.9 Å². The Morgan fingerprint density at radius 2 is 2.10 bits per heavy atom. The molecule has 1 N–H and O–H groups in total. The van der Waals surface area contributed by atoms with Gasteiger partial charge in [-0.3, -0.25) is 0 Å². The first-order valence-electron chi connectivity index (χ1n) is 7.72. The van der Waals surface area contributed by atoms with Gasteiger partial charge in [-0.2, -0.15) is 11.8 Å². The fourth-order valence-corrected chi connectivity index (χ4v) is 4.35. The van der Waals surface area contributed by atoms with Crippen molar-refractivity contribution in [3.05, 3.63) is 29.3 Å². The molecule has 1 saturated heterocycles. The van der Waals surface area contributed by atoms with Gasteiger partial charge in [0.25, 0.3) is 0 Å². The van der Waals surface area contributed by atoms with E-state index in [1.54, 1.807) is 0 Å². The van der Waals surface area contributed by atoms with Crippen molar-refractivity contribution >= 4 is 11.8 Å². The van der Waals surface area contributed by atoms with Gasteiger partial charge in [-0.25, -0.2) is 0 Å². The van der Waals surface area contributed by atoms with E-state index in [1.165, 1.54) is 42.0 Å². The Morgan fingerprint density at radius 3 is 2.90 bits per heavy atom. The molecule has 0 saturated carbocycles. The maximum atomic E-state index is 5.93. The van der Waals surface area contributed by atoms with E-state index >= 15 is 0 Å². The molecule has 0 bridgehead atoms. The van der Waals surface area contributed by atoms with Crippen LogP contribution in [0.25, 0.3) is 0 Å². The number of benzene rings is 1. The van der Waals surface area contributed by atoms with E-state index in [2.05, 4.69) is 49.1 Å². The summed E-state index contributed by atoms with van der Waals surface area (Å²) in [6.45, 7) is 6.47. The average molecular weight is 291 g/mol. The van der Waals surface area contributed by atoms with Crippen LogP contribution in [0.1, 0.15) is 37.8 Å². The molecule has 20 heavy (non-hydrogen) atoms. The zero-order valence-electron chi connectivity index (χ0n) is 12.6. The van der Waals surface area contributed by atoms with Gasteiger partial charge in [0, 0.05) is 13.0 Å². The second-order valence-corrected chi connectivity index (χ2v) is 7.89. The van der Waals surface area contributed by atoms with Crippen LogP contribution < -0.4 is 10.1 Å². The van der Waals surface area contributed by atoms with Crippen LogP contribution in [0, 0.1) is 5.92 Å². The molecule has 1 fully saturated rings. The number of fused-ring (bicyclic) bond motifs is 1. The minimum absolute atomic E-state index is 0.0336. The van der Waals surface area contributed by atoms with Crippen LogP contribution in [0.3, 0.4) is 0 Å². The van der Waals surface area contributed by atoms with E-state index in [0.29, 0.717) is 0 Å². The summed E-state index contributed by atoms with van der Waals surface area (Å²) in [5, 5.41) is 3.63. The number of hydrogen-bond donors (Lipinski definition) is 1. The summed E-state index contributed by atoms with van der Waals surface area (Å²) >= 11 is 2.10. The lowest BCUT2D eigenvalue weighted by Gasteiger charge is -2.21. The Hall–Kier alpha value is -0.670. The minimum atomic E-state index is -0.0336. The molecule has 2 nitrogen and oxygen atoms in total. The molecule has 0 unspecified atom stereocenters. The standard InChI is InChI=1S/C17H25NOS/c1-17(2)10-15-9-14(3-4-16(15)19-17)12-18-11-13-5-7-20-8-6-13/h3-4,9,13,18H,5-8,10-12H2,1-2H3. The Morgan fingerprint density at radius 1 is 1.30 bits per heavy atom. The molecule has 3 rings (SSSR count). The van der Waals surface area contributed by atoms with Gasteiger partial charge in [-0.15, -0.1) is 0 Å². The predicted octanol–water partition coefficient (Wildman–Crippen LogP) is 3.63. The normalized spacial score (nSPS) is 21.5. The zero-order valence-corrected chi connectivity index (χ0v) is 13.4. The van der Waals surface area contributed by atoms with Crippen LogP contribution in [0.5, 0.6) is 5.75 Å². The summed E-state index contributed by atoms with van der Waals surface area (Å²) in [6.07, 6.45) is 3.78. The molecule has 1 aromatic carbocycles. The smallest absolute Gasteiger partial charge is 0.123 e. The second-order valence-electron chi connectivity index (χ2n) is 6.67. The van der Waals surface area contributed by atoms with Gasteiger partial charge in [0.2, 0.25) is 0 Å². The molecule has 0 atom stereocenters. The Labute approximate surface area is 126 Å². The van der Waals surface area contributed by atoms with Crippen molar-refractivity contribution in [3.8, 4) is 5.75 Å². The number of nitrogens with one attached hydrogen (secondary N) is 1.